The van der Waals surface area contributed by atoms with Crippen molar-refractivity contribution in [1.82, 2.24) is 9.97 Å². The van der Waals surface area contributed by atoms with Crippen molar-refractivity contribution in [2.45, 2.75) is 6.61 Å². The lowest BCUT2D eigenvalue weighted by molar-refractivity contribution is 0.282. The monoisotopic (exact) mass is 186 g/mol. The number of aliphatic hydroxyl groups is 1. The molecule has 0 aliphatic carbocycles. The fourth-order valence-corrected chi connectivity index (χ4v) is 1.24. The van der Waals surface area contributed by atoms with Gasteiger partial charge in [-0.25, -0.2) is 9.97 Å². The molecule has 0 unspecified atom stereocenters. The van der Waals surface area contributed by atoms with Gasteiger partial charge in [0, 0.05) is 11.8 Å². The van der Waals surface area contributed by atoms with Crippen LogP contribution in [0.3, 0.4) is 0 Å². The minimum absolute atomic E-state index is 0.0735. The summed E-state index contributed by atoms with van der Waals surface area (Å²) in [5.74, 6) is 0. The minimum atomic E-state index is 0.0735. The van der Waals surface area contributed by atoms with Crippen molar-refractivity contribution < 1.29 is 5.11 Å². The molecule has 2 aromatic rings. The van der Waals surface area contributed by atoms with E-state index in [0.29, 0.717) is 0 Å². The molecular formula is C11H10N2O. The molecule has 2 rings (SSSR count). The number of benzene rings is 1. The number of hydrogen-bond acceptors (Lipinski definition) is 3. The van der Waals surface area contributed by atoms with Crippen molar-refractivity contribution in [1.29, 1.82) is 0 Å². The van der Waals surface area contributed by atoms with Gasteiger partial charge in [0.05, 0.1) is 12.3 Å². The van der Waals surface area contributed by atoms with Gasteiger partial charge in [0.15, 0.2) is 0 Å². The van der Waals surface area contributed by atoms with E-state index in [1.165, 1.54) is 6.33 Å². The van der Waals surface area contributed by atoms with Crippen LogP contribution in [0.1, 0.15) is 5.56 Å². The van der Waals surface area contributed by atoms with Crippen LogP contribution in [0.4, 0.5) is 0 Å². The first-order chi connectivity index (χ1) is 6.90. The average molecular weight is 186 g/mol. The van der Waals surface area contributed by atoms with Crippen LogP contribution in [-0.4, -0.2) is 15.1 Å². The molecular weight excluding hydrogens is 176 g/mol. The van der Waals surface area contributed by atoms with Gasteiger partial charge in [0.25, 0.3) is 0 Å². The smallest absolute Gasteiger partial charge is 0.116 e. The summed E-state index contributed by atoms with van der Waals surface area (Å²) in [5, 5.41) is 8.87. The Bertz CT molecular complexity index is 397. The highest BCUT2D eigenvalue weighted by atomic mass is 16.3. The van der Waals surface area contributed by atoms with E-state index in [-0.39, 0.29) is 6.61 Å². The van der Waals surface area contributed by atoms with Gasteiger partial charge in [-0.05, 0) is 11.6 Å². The van der Waals surface area contributed by atoms with Crippen LogP contribution in [0.5, 0.6) is 0 Å². The summed E-state index contributed by atoms with van der Waals surface area (Å²) in [4.78, 5) is 7.98. The summed E-state index contributed by atoms with van der Waals surface area (Å²) < 4.78 is 0. The maximum absolute atomic E-state index is 8.87. The molecule has 0 amide bonds. The van der Waals surface area contributed by atoms with Gasteiger partial charge in [0.1, 0.15) is 6.33 Å². The quantitative estimate of drug-likeness (QED) is 0.775. The van der Waals surface area contributed by atoms with E-state index in [2.05, 4.69) is 9.97 Å². The normalized spacial score (nSPS) is 10.1. The number of nitrogens with zero attached hydrogens (tertiary/aromatic N) is 2. The molecule has 1 N–H and O–H groups in total. The van der Waals surface area contributed by atoms with Crippen LogP contribution in [0.25, 0.3) is 11.3 Å². The van der Waals surface area contributed by atoms with Crippen LogP contribution >= 0.6 is 0 Å². The average Bonchev–Trinajstić information content (AvgIpc) is 2.30. The second-order valence-electron chi connectivity index (χ2n) is 2.95. The van der Waals surface area contributed by atoms with E-state index >= 15 is 0 Å². The van der Waals surface area contributed by atoms with Crippen molar-refractivity contribution in [2.75, 3.05) is 0 Å². The van der Waals surface area contributed by atoms with E-state index in [4.69, 9.17) is 5.11 Å². The molecule has 1 heterocycles. The predicted octanol–water partition coefficient (Wildman–Crippen LogP) is 1.64. The van der Waals surface area contributed by atoms with Crippen molar-refractivity contribution in [3.63, 3.8) is 0 Å². The first-order valence-electron chi connectivity index (χ1n) is 4.36. The molecule has 0 aliphatic rings. The van der Waals surface area contributed by atoms with Gasteiger partial charge in [-0.3, -0.25) is 0 Å². The van der Waals surface area contributed by atoms with Crippen molar-refractivity contribution in [2.24, 2.45) is 0 Å². The molecule has 0 spiro atoms. The van der Waals surface area contributed by atoms with Gasteiger partial charge < -0.3 is 5.11 Å². The van der Waals surface area contributed by atoms with Gasteiger partial charge in [-0.15, -0.1) is 0 Å². The van der Waals surface area contributed by atoms with E-state index in [9.17, 15) is 0 Å². The van der Waals surface area contributed by atoms with Crippen molar-refractivity contribution in [3.8, 4) is 11.3 Å². The highest BCUT2D eigenvalue weighted by molar-refractivity contribution is 5.58. The van der Waals surface area contributed by atoms with E-state index in [0.717, 1.165) is 16.8 Å². The molecule has 0 saturated heterocycles. The summed E-state index contributed by atoms with van der Waals surface area (Å²) in [6.07, 6.45) is 3.23. The lowest BCUT2D eigenvalue weighted by atomic mass is 10.1. The Kier molecular flexibility index (Phi) is 2.51. The Morgan fingerprint density at radius 3 is 2.43 bits per heavy atom. The van der Waals surface area contributed by atoms with Crippen LogP contribution < -0.4 is 0 Å². The summed E-state index contributed by atoms with van der Waals surface area (Å²) in [7, 11) is 0. The summed E-state index contributed by atoms with van der Waals surface area (Å²) in [6.45, 7) is 0.0735. The zero-order valence-corrected chi connectivity index (χ0v) is 7.59. The fourth-order valence-electron chi connectivity index (χ4n) is 1.24. The third-order valence-electron chi connectivity index (χ3n) is 2.01. The summed E-state index contributed by atoms with van der Waals surface area (Å²) in [5.41, 5.74) is 2.83. The van der Waals surface area contributed by atoms with Crippen LogP contribution in [0, 0.1) is 0 Å². The first-order valence-corrected chi connectivity index (χ1v) is 4.36. The number of hydrogen-bond donors (Lipinski definition) is 1. The predicted molar refractivity (Wildman–Crippen MR) is 53.4 cm³/mol. The van der Waals surface area contributed by atoms with Crippen molar-refractivity contribution in [3.05, 3.63) is 48.4 Å². The molecule has 14 heavy (non-hydrogen) atoms. The Morgan fingerprint density at radius 1 is 1.07 bits per heavy atom. The molecule has 1 aromatic carbocycles. The number of rotatable bonds is 2. The highest BCUT2D eigenvalue weighted by Crippen LogP contribution is 2.16. The van der Waals surface area contributed by atoms with Crippen LogP contribution in [0.15, 0.2) is 42.9 Å². The SMILES string of the molecule is OCc1ccc(-c2ccncn2)cc1. The molecule has 3 heteroatoms. The van der Waals surface area contributed by atoms with E-state index in [1.807, 2.05) is 30.3 Å². The highest BCUT2D eigenvalue weighted by Gasteiger charge is 1.97. The molecule has 3 nitrogen and oxygen atoms in total. The van der Waals surface area contributed by atoms with Gasteiger partial charge in [0.2, 0.25) is 0 Å². The fraction of sp³-hybridized carbons (Fsp3) is 0.0909. The second-order valence-corrected chi connectivity index (χ2v) is 2.95. The molecule has 0 radical (unpaired) electrons. The minimum Gasteiger partial charge on any atom is -0.392 e. The largest absolute Gasteiger partial charge is 0.392 e. The summed E-state index contributed by atoms with van der Waals surface area (Å²) >= 11 is 0. The van der Waals surface area contributed by atoms with E-state index < -0.39 is 0 Å². The van der Waals surface area contributed by atoms with Gasteiger partial charge in [-0.1, -0.05) is 24.3 Å². The number of aliphatic hydroxyl groups excluding tert-OH is 1. The third-order valence-corrected chi connectivity index (χ3v) is 2.01. The zero-order valence-electron chi connectivity index (χ0n) is 7.59. The van der Waals surface area contributed by atoms with Gasteiger partial charge >= 0.3 is 0 Å². The number of aromatic nitrogens is 2. The first kappa shape index (κ1) is 8.84. The van der Waals surface area contributed by atoms with Gasteiger partial charge in [-0.2, -0.15) is 0 Å². The molecule has 70 valence electrons. The standard InChI is InChI=1S/C11H10N2O/c14-7-9-1-3-10(4-2-9)11-5-6-12-8-13-11/h1-6,8,14H,7H2. The van der Waals surface area contributed by atoms with E-state index in [1.54, 1.807) is 6.20 Å². The molecule has 0 atom stereocenters. The molecule has 0 aliphatic heterocycles. The van der Waals surface area contributed by atoms with Crippen LogP contribution in [0.2, 0.25) is 0 Å². The topological polar surface area (TPSA) is 46.0 Å². The third kappa shape index (κ3) is 1.78. The van der Waals surface area contributed by atoms with Crippen molar-refractivity contribution >= 4 is 0 Å². The molecule has 1 aromatic heterocycles. The Morgan fingerprint density at radius 2 is 1.86 bits per heavy atom. The maximum Gasteiger partial charge on any atom is 0.116 e. The Hall–Kier alpha value is -1.74. The lowest BCUT2D eigenvalue weighted by Crippen LogP contribution is -1.85. The van der Waals surface area contributed by atoms with Crippen LogP contribution in [-0.2, 0) is 6.61 Å². The molecule has 0 fully saturated rings. The lowest BCUT2D eigenvalue weighted by Gasteiger charge is -2.00. The maximum atomic E-state index is 8.87. The molecule has 0 bridgehead atoms. The summed E-state index contributed by atoms with van der Waals surface area (Å²) in [6, 6.07) is 9.50. The Labute approximate surface area is 82.1 Å². The zero-order chi connectivity index (χ0) is 9.80. The Balaban J connectivity index is 2.34. The molecule has 0 saturated carbocycles. The second kappa shape index (κ2) is 3.98.